The van der Waals surface area contributed by atoms with Crippen LogP contribution < -0.4 is 10.6 Å². The molecule has 0 aromatic heterocycles. The van der Waals surface area contributed by atoms with Crippen LogP contribution in [0.4, 0.5) is 0 Å². The van der Waals surface area contributed by atoms with Gasteiger partial charge >= 0.3 is 0 Å². The van der Waals surface area contributed by atoms with E-state index in [9.17, 15) is 5.11 Å². The quantitative estimate of drug-likeness (QED) is 0.378. The Morgan fingerprint density at radius 1 is 1.19 bits per heavy atom. The third kappa shape index (κ3) is 5.45. The topological polar surface area (TPSA) is 59.9 Å². The number of aliphatic hydroxyl groups excluding tert-OH is 1. The van der Waals surface area contributed by atoms with E-state index in [0.717, 1.165) is 64.5 Å². The largest absolute Gasteiger partial charge is 0.393 e. The van der Waals surface area contributed by atoms with E-state index >= 15 is 0 Å². The lowest BCUT2D eigenvalue weighted by Crippen LogP contribution is -2.40. The van der Waals surface area contributed by atoms with E-state index in [1.54, 1.807) is 0 Å². The summed E-state index contributed by atoms with van der Waals surface area (Å²) in [6.07, 6.45) is 5.32. The molecule has 5 nitrogen and oxygen atoms in total. The van der Waals surface area contributed by atoms with Crippen molar-refractivity contribution in [3.8, 4) is 0 Å². The molecule has 1 aromatic rings. The van der Waals surface area contributed by atoms with Crippen molar-refractivity contribution in [2.24, 2.45) is 4.99 Å². The molecule has 0 atom stereocenters. The van der Waals surface area contributed by atoms with Gasteiger partial charge in [0.05, 0.1) is 12.6 Å². The number of benzene rings is 1. The molecule has 144 valence electrons. The second-order valence-corrected chi connectivity index (χ2v) is 7.69. The number of guanidine groups is 1. The summed E-state index contributed by atoms with van der Waals surface area (Å²) in [6, 6.07) is 10.8. The molecule has 0 spiro atoms. The first-order chi connectivity index (χ1) is 12.7. The van der Waals surface area contributed by atoms with Crippen molar-refractivity contribution in [3.63, 3.8) is 0 Å². The summed E-state index contributed by atoms with van der Waals surface area (Å²) >= 11 is 0. The average Bonchev–Trinajstić information content (AvgIpc) is 3.46. The van der Waals surface area contributed by atoms with Crippen molar-refractivity contribution < 1.29 is 5.11 Å². The van der Waals surface area contributed by atoms with E-state index in [1.807, 2.05) is 0 Å². The van der Waals surface area contributed by atoms with Gasteiger partial charge in [0.25, 0.3) is 0 Å². The van der Waals surface area contributed by atoms with Crippen LogP contribution >= 0.6 is 0 Å². The number of rotatable bonds is 8. The Kier molecular flexibility index (Phi) is 6.92. The molecular formula is C21H34N4O. The molecular weight excluding hydrogens is 324 g/mol. The van der Waals surface area contributed by atoms with Gasteiger partial charge in [-0.25, -0.2) is 0 Å². The van der Waals surface area contributed by atoms with Crippen LogP contribution in [-0.2, 0) is 5.41 Å². The van der Waals surface area contributed by atoms with Crippen molar-refractivity contribution in [3.05, 3.63) is 35.9 Å². The number of nitrogens with one attached hydrogen (secondary N) is 2. The molecule has 0 unspecified atom stereocenters. The molecule has 0 bridgehead atoms. The summed E-state index contributed by atoms with van der Waals surface area (Å²) in [5.41, 5.74) is 1.69. The van der Waals surface area contributed by atoms with E-state index in [0.29, 0.717) is 0 Å². The lowest BCUT2D eigenvalue weighted by atomic mass is 9.96. The molecule has 5 heteroatoms. The first-order valence-corrected chi connectivity index (χ1v) is 10.2. The van der Waals surface area contributed by atoms with Crippen LogP contribution in [0.1, 0.15) is 44.6 Å². The van der Waals surface area contributed by atoms with Crippen LogP contribution in [0.2, 0.25) is 0 Å². The minimum absolute atomic E-state index is 0.0868. The van der Waals surface area contributed by atoms with Gasteiger partial charge in [0.15, 0.2) is 5.96 Å². The van der Waals surface area contributed by atoms with E-state index in [4.69, 9.17) is 4.99 Å². The van der Waals surface area contributed by atoms with Gasteiger partial charge in [0, 0.05) is 31.6 Å². The highest BCUT2D eigenvalue weighted by Gasteiger charge is 2.43. The molecule has 26 heavy (non-hydrogen) atoms. The fraction of sp³-hybridized carbons (Fsp3) is 0.667. The van der Waals surface area contributed by atoms with Crippen LogP contribution in [-0.4, -0.2) is 61.3 Å². The molecule has 1 saturated carbocycles. The second-order valence-electron chi connectivity index (χ2n) is 7.69. The van der Waals surface area contributed by atoms with Crippen molar-refractivity contribution in [1.29, 1.82) is 0 Å². The summed E-state index contributed by atoms with van der Waals surface area (Å²) in [7, 11) is 0. The smallest absolute Gasteiger partial charge is 0.191 e. The van der Waals surface area contributed by atoms with Crippen molar-refractivity contribution in [2.45, 2.75) is 50.5 Å². The van der Waals surface area contributed by atoms with Crippen molar-refractivity contribution in [1.82, 2.24) is 15.5 Å². The number of nitrogens with zero attached hydrogens (tertiary/aromatic N) is 2. The van der Waals surface area contributed by atoms with Gasteiger partial charge in [-0.3, -0.25) is 4.99 Å². The standard InChI is InChI=1S/C21H34N4O/c1-2-22-20(23-13-6-14-25-15-9-19(26)10-16-25)24-17-21(11-12-21)18-7-4-3-5-8-18/h3-5,7-8,19,26H,2,6,9-17H2,1H3,(H2,22,23,24). The summed E-state index contributed by atoms with van der Waals surface area (Å²) in [5, 5.41) is 16.4. The zero-order valence-electron chi connectivity index (χ0n) is 16.1. The summed E-state index contributed by atoms with van der Waals surface area (Å²) in [5.74, 6) is 0.934. The van der Waals surface area contributed by atoms with Gasteiger partial charge in [-0.05, 0) is 51.1 Å². The minimum Gasteiger partial charge on any atom is -0.393 e. The maximum atomic E-state index is 9.58. The Bertz CT molecular complexity index is 563. The van der Waals surface area contributed by atoms with E-state index in [1.165, 1.54) is 18.4 Å². The maximum Gasteiger partial charge on any atom is 0.191 e. The Balaban J connectivity index is 1.43. The number of hydrogen-bond acceptors (Lipinski definition) is 3. The fourth-order valence-corrected chi connectivity index (χ4v) is 3.71. The molecule has 2 fully saturated rings. The van der Waals surface area contributed by atoms with E-state index in [-0.39, 0.29) is 11.5 Å². The first-order valence-electron chi connectivity index (χ1n) is 10.2. The lowest BCUT2D eigenvalue weighted by Gasteiger charge is -2.29. The van der Waals surface area contributed by atoms with Crippen LogP contribution in [0.5, 0.6) is 0 Å². The summed E-state index contributed by atoms with van der Waals surface area (Å²) in [6.45, 7) is 7.92. The lowest BCUT2D eigenvalue weighted by molar-refractivity contribution is 0.0823. The van der Waals surface area contributed by atoms with Crippen LogP contribution in [0, 0.1) is 0 Å². The van der Waals surface area contributed by atoms with Gasteiger partial charge in [0.2, 0.25) is 0 Å². The molecule has 1 aromatic carbocycles. The Morgan fingerprint density at radius 2 is 1.92 bits per heavy atom. The number of aliphatic imine (C=N–C) groups is 1. The molecule has 3 N–H and O–H groups in total. The Labute approximate surface area is 157 Å². The van der Waals surface area contributed by atoms with Gasteiger partial charge in [0.1, 0.15) is 0 Å². The van der Waals surface area contributed by atoms with Crippen LogP contribution in [0.15, 0.2) is 35.3 Å². The van der Waals surface area contributed by atoms with Crippen molar-refractivity contribution in [2.75, 3.05) is 39.3 Å². The monoisotopic (exact) mass is 358 g/mol. The number of piperidine rings is 1. The first kappa shape index (κ1) is 19.2. The predicted octanol–water partition coefficient (Wildman–Crippen LogP) is 2.12. The highest BCUT2D eigenvalue weighted by molar-refractivity contribution is 5.79. The Hall–Kier alpha value is -1.59. The number of likely N-dealkylation sites (tertiary alicyclic amines) is 1. The van der Waals surface area contributed by atoms with Gasteiger partial charge in [-0.1, -0.05) is 30.3 Å². The van der Waals surface area contributed by atoms with E-state index < -0.39 is 0 Å². The van der Waals surface area contributed by atoms with Crippen LogP contribution in [0.3, 0.4) is 0 Å². The molecule has 0 amide bonds. The average molecular weight is 359 g/mol. The van der Waals surface area contributed by atoms with Gasteiger partial charge in [-0.15, -0.1) is 0 Å². The summed E-state index contributed by atoms with van der Waals surface area (Å²) < 4.78 is 0. The number of aliphatic hydroxyl groups is 1. The van der Waals surface area contributed by atoms with Crippen LogP contribution in [0.25, 0.3) is 0 Å². The fourth-order valence-electron chi connectivity index (χ4n) is 3.71. The highest BCUT2D eigenvalue weighted by atomic mass is 16.3. The zero-order chi connectivity index (χ0) is 18.2. The molecule has 0 radical (unpaired) electrons. The molecule has 2 aliphatic rings. The van der Waals surface area contributed by atoms with E-state index in [2.05, 4.69) is 52.8 Å². The number of hydrogen-bond donors (Lipinski definition) is 3. The minimum atomic E-state index is -0.0868. The molecule has 1 saturated heterocycles. The molecule has 1 heterocycles. The SMILES string of the molecule is CCNC(=NCC1(c2ccccc2)CC1)NCCCN1CCC(O)CC1. The highest BCUT2D eigenvalue weighted by Crippen LogP contribution is 2.48. The third-order valence-corrected chi connectivity index (χ3v) is 5.62. The molecule has 1 aliphatic heterocycles. The normalized spacial score (nSPS) is 20.8. The van der Waals surface area contributed by atoms with Gasteiger partial charge < -0.3 is 20.6 Å². The molecule has 3 rings (SSSR count). The molecule has 1 aliphatic carbocycles. The summed E-state index contributed by atoms with van der Waals surface area (Å²) in [4.78, 5) is 7.32. The van der Waals surface area contributed by atoms with Gasteiger partial charge in [-0.2, -0.15) is 0 Å². The third-order valence-electron chi connectivity index (χ3n) is 5.62. The Morgan fingerprint density at radius 3 is 2.58 bits per heavy atom. The van der Waals surface area contributed by atoms with Crippen molar-refractivity contribution >= 4 is 5.96 Å². The predicted molar refractivity (Wildman–Crippen MR) is 108 cm³/mol. The zero-order valence-corrected chi connectivity index (χ0v) is 16.1. The maximum absolute atomic E-state index is 9.58. The second kappa shape index (κ2) is 9.38.